The van der Waals surface area contributed by atoms with Crippen LogP contribution in [0.2, 0.25) is 0 Å². The zero-order valence-corrected chi connectivity index (χ0v) is 37.3. The molecule has 285 valence electrons. The van der Waals surface area contributed by atoms with Gasteiger partial charge in [0.2, 0.25) is 0 Å². The van der Waals surface area contributed by atoms with Crippen LogP contribution in [-0.2, 0) is 37.7 Å². The third-order valence-corrected chi connectivity index (χ3v) is 12.1. The number of aliphatic hydroxyl groups excluding tert-OH is 1. The van der Waals surface area contributed by atoms with E-state index in [9.17, 15) is 9.90 Å². The molecule has 0 amide bonds. The van der Waals surface area contributed by atoms with E-state index in [2.05, 4.69) is 103 Å². The van der Waals surface area contributed by atoms with Crippen molar-refractivity contribution in [3.63, 3.8) is 0 Å². The molecular formula is C48H60IrNO2S-. The predicted molar refractivity (Wildman–Crippen MR) is 225 cm³/mol. The normalized spacial score (nSPS) is 13.2. The van der Waals surface area contributed by atoms with Crippen molar-refractivity contribution in [2.45, 2.75) is 131 Å². The third kappa shape index (κ3) is 9.46. The number of carbonyl (C=O) groups excluding carboxylic acids is 1. The monoisotopic (exact) mass is 907 g/mol. The number of benzene rings is 4. The van der Waals surface area contributed by atoms with Crippen LogP contribution in [0.4, 0.5) is 0 Å². The summed E-state index contributed by atoms with van der Waals surface area (Å²) in [7, 11) is 0. The Morgan fingerprint density at radius 3 is 2.11 bits per heavy atom. The fourth-order valence-corrected chi connectivity index (χ4v) is 8.69. The standard InChI is InChI=1S/C34H34NS.C14H26O2.Ir/c1-20-8-10-22-16-27-31-30-25(12-13-35-31)24-11-9-21(18-33(2,3)4)15-23(24)17-29(30)36-32(27)28(26(22)14-20)19-34(5,6)7;1-6-11(7-2)12(15)10-13(16)14(5,8-3)9-4;/h8-15,17H,18-19H2,1-7H3;10-11,16H,6-9H2,1-5H3;/q-1;;/b;13-10-;. The van der Waals surface area contributed by atoms with Crippen LogP contribution in [-0.4, -0.2) is 15.9 Å². The maximum Gasteiger partial charge on any atom is 0.162 e. The van der Waals surface area contributed by atoms with E-state index in [4.69, 9.17) is 4.98 Å². The number of aliphatic hydroxyl groups is 1. The van der Waals surface area contributed by atoms with Gasteiger partial charge in [-0.25, -0.2) is 0 Å². The molecule has 1 aromatic heterocycles. The molecule has 3 nitrogen and oxygen atoms in total. The molecule has 1 N–H and O–H groups in total. The van der Waals surface area contributed by atoms with Gasteiger partial charge in [-0.1, -0.05) is 129 Å². The van der Waals surface area contributed by atoms with Gasteiger partial charge in [0.05, 0.1) is 0 Å². The Hall–Kier alpha value is -2.98. The molecular weight excluding hydrogens is 847 g/mol. The molecule has 0 spiro atoms. The van der Waals surface area contributed by atoms with Gasteiger partial charge in [0.25, 0.3) is 0 Å². The molecule has 5 heteroatoms. The van der Waals surface area contributed by atoms with Crippen molar-refractivity contribution in [3.05, 3.63) is 89.3 Å². The van der Waals surface area contributed by atoms with Crippen molar-refractivity contribution in [3.8, 4) is 11.3 Å². The van der Waals surface area contributed by atoms with Gasteiger partial charge in [-0.15, -0.1) is 29.3 Å². The second kappa shape index (κ2) is 16.8. The number of hydrogen-bond acceptors (Lipinski definition) is 4. The van der Waals surface area contributed by atoms with Gasteiger partial charge in [-0.05, 0) is 100 Å². The van der Waals surface area contributed by atoms with Gasteiger partial charge in [0.15, 0.2) is 5.78 Å². The summed E-state index contributed by atoms with van der Waals surface area (Å²) in [6.07, 6.45) is 8.91. The average molecular weight is 907 g/mol. The SMILES string of the molecule is CCC(CC)C(=O)/C=C(\O)C(C)(CC)CC.Cc1ccc2[c-]c3c(c(CC(C)(C)C)c2c1)Sc1cc2cc(CC(C)(C)C)ccc2c2ccnc-3c12.[Ir]. The average Bonchev–Trinajstić information content (AvgIpc) is 3.08. The minimum Gasteiger partial charge on any atom is -0.512 e. The van der Waals surface area contributed by atoms with Crippen molar-refractivity contribution in [2.24, 2.45) is 22.2 Å². The number of pyridine rings is 1. The van der Waals surface area contributed by atoms with Gasteiger partial charge >= 0.3 is 0 Å². The first-order valence-electron chi connectivity index (χ1n) is 19.4. The van der Waals surface area contributed by atoms with Crippen LogP contribution in [0.3, 0.4) is 0 Å². The summed E-state index contributed by atoms with van der Waals surface area (Å²) in [5.41, 5.74) is 6.57. The zero-order valence-electron chi connectivity index (χ0n) is 34.1. The number of ketones is 1. The minimum absolute atomic E-state index is 0. The van der Waals surface area contributed by atoms with Gasteiger partial charge in [0.1, 0.15) is 5.76 Å². The summed E-state index contributed by atoms with van der Waals surface area (Å²) in [6.45, 7) is 26.2. The first-order chi connectivity index (χ1) is 24.4. The molecule has 5 aromatic rings. The van der Waals surface area contributed by atoms with Crippen molar-refractivity contribution in [1.82, 2.24) is 4.98 Å². The summed E-state index contributed by atoms with van der Waals surface area (Å²) < 4.78 is 0. The Kier molecular flexibility index (Phi) is 13.6. The zero-order chi connectivity index (χ0) is 38.2. The summed E-state index contributed by atoms with van der Waals surface area (Å²) in [4.78, 5) is 19.5. The molecule has 4 aromatic carbocycles. The topological polar surface area (TPSA) is 50.2 Å². The maximum absolute atomic E-state index is 11.9. The second-order valence-corrected chi connectivity index (χ2v) is 18.7. The molecule has 0 fully saturated rings. The summed E-state index contributed by atoms with van der Waals surface area (Å²) in [5.74, 6) is 0.366. The van der Waals surface area contributed by atoms with E-state index in [-0.39, 0.29) is 53.8 Å². The summed E-state index contributed by atoms with van der Waals surface area (Å²) in [6, 6.07) is 22.2. The molecule has 1 aliphatic heterocycles. The Morgan fingerprint density at radius 2 is 1.51 bits per heavy atom. The smallest absolute Gasteiger partial charge is 0.162 e. The van der Waals surface area contributed by atoms with E-state index in [0.29, 0.717) is 0 Å². The van der Waals surface area contributed by atoms with Crippen LogP contribution in [0.15, 0.2) is 76.4 Å². The van der Waals surface area contributed by atoms with Crippen LogP contribution in [0.5, 0.6) is 0 Å². The molecule has 1 radical (unpaired) electrons. The van der Waals surface area contributed by atoms with Crippen LogP contribution in [0, 0.1) is 35.2 Å². The molecule has 0 bridgehead atoms. The number of fused-ring (bicyclic) bond motifs is 5. The Bertz CT molecular complexity index is 2140. The molecule has 6 rings (SSSR count). The number of rotatable bonds is 9. The summed E-state index contributed by atoms with van der Waals surface area (Å²) >= 11 is 1.93. The largest absolute Gasteiger partial charge is 0.512 e. The summed E-state index contributed by atoms with van der Waals surface area (Å²) in [5, 5.41) is 17.7. The van der Waals surface area contributed by atoms with E-state index in [1.54, 1.807) is 0 Å². The number of allylic oxidation sites excluding steroid dienone is 2. The Balaban J connectivity index is 0.000000316. The number of nitrogens with zero attached hydrogens (tertiary/aromatic N) is 1. The van der Waals surface area contributed by atoms with Gasteiger partial charge < -0.3 is 5.11 Å². The van der Waals surface area contributed by atoms with E-state index >= 15 is 0 Å². The van der Waals surface area contributed by atoms with Crippen LogP contribution < -0.4 is 0 Å². The van der Waals surface area contributed by atoms with Gasteiger partial charge in [-0.2, -0.15) is 0 Å². The second-order valence-electron chi connectivity index (χ2n) is 17.7. The van der Waals surface area contributed by atoms with E-state index in [0.717, 1.165) is 49.8 Å². The minimum atomic E-state index is -0.248. The first-order valence-corrected chi connectivity index (χ1v) is 20.2. The molecule has 53 heavy (non-hydrogen) atoms. The van der Waals surface area contributed by atoms with Crippen LogP contribution >= 0.6 is 11.8 Å². The fourth-order valence-electron chi connectivity index (χ4n) is 7.43. The number of carbonyl (C=O) groups is 1. The molecule has 0 saturated heterocycles. The molecule has 0 aliphatic carbocycles. The fraction of sp³-hybridized carbons (Fsp3) is 0.458. The van der Waals surface area contributed by atoms with Crippen molar-refractivity contribution < 1.29 is 30.0 Å². The van der Waals surface area contributed by atoms with Crippen molar-refractivity contribution in [2.75, 3.05) is 0 Å². The first kappa shape index (κ1) is 42.8. The molecule has 0 atom stereocenters. The van der Waals surface area contributed by atoms with Gasteiger partial charge in [-0.3, -0.25) is 9.78 Å². The quantitative estimate of drug-likeness (QED) is 0.0680. The van der Waals surface area contributed by atoms with Crippen LogP contribution in [0.25, 0.3) is 43.6 Å². The van der Waals surface area contributed by atoms with E-state index in [1.165, 1.54) is 64.9 Å². The Morgan fingerprint density at radius 1 is 0.849 bits per heavy atom. The number of aryl methyl sites for hydroxylation is 1. The third-order valence-electron chi connectivity index (χ3n) is 10.9. The van der Waals surface area contributed by atoms with Gasteiger partial charge in [0, 0.05) is 54.3 Å². The molecule has 0 saturated carbocycles. The maximum atomic E-state index is 11.9. The van der Waals surface area contributed by atoms with Crippen molar-refractivity contribution in [1.29, 1.82) is 0 Å². The Labute approximate surface area is 337 Å². The molecule has 2 heterocycles. The number of aromatic nitrogens is 1. The predicted octanol–water partition coefficient (Wildman–Crippen LogP) is 14.2. The van der Waals surface area contributed by atoms with Crippen molar-refractivity contribution >= 4 is 49.9 Å². The van der Waals surface area contributed by atoms with E-state index < -0.39 is 0 Å². The molecule has 0 unspecified atom stereocenters. The number of hydrogen-bond donors (Lipinski definition) is 1. The molecule has 1 aliphatic rings. The van der Waals surface area contributed by atoms with Crippen LogP contribution in [0.1, 0.15) is 119 Å². The van der Waals surface area contributed by atoms with E-state index in [1.807, 2.05) is 52.6 Å².